The molecule has 1 aliphatic carbocycles. The van der Waals surface area contributed by atoms with Crippen LogP contribution in [-0.2, 0) is 20.9 Å². The Labute approximate surface area is 167 Å². The van der Waals surface area contributed by atoms with Gasteiger partial charge in [0, 0.05) is 11.4 Å². The van der Waals surface area contributed by atoms with E-state index in [1.807, 2.05) is 18.2 Å². The Hall–Kier alpha value is -3.29. The Morgan fingerprint density at radius 2 is 1.83 bits per heavy atom. The number of pyridine rings is 1. The number of methoxy groups -OCH3 is 1. The maximum Gasteiger partial charge on any atom is 0.340 e. The number of aryl methyl sites for hydroxylation is 1. The standard InChI is InChI=1S/C21H21N3O5/c1-12-14-9-5-6-10-15(14)22-16(17(12)20(27)29-2)11-23-18(25)19(26)24(21(23)28)13-7-3-4-8-13/h5-6,9-10,13H,3-4,7-8,11H2,1-2H3. The maximum atomic E-state index is 12.9. The largest absolute Gasteiger partial charge is 0.465 e. The summed E-state index contributed by atoms with van der Waals surface area (Å²) in [7, 11) is 1.26. The Morgan fingerprint density at radius 1 is 1.14 bits per heavy atom. The molecule has 0 bridgehead atoms. The zero-order chi connectivity index (χ0) is 20.7. The number of benzene rings is 1. The minimum atomic E-state index is -0.884. The van der Waals surface area contributed by atoms with Crippen molar-refractivity contribution in [3.05, 3.63) is 41.1 Å². The van der Waals surface area contributed by atoms with Crippen molar-refractivity contribution in [2.75, 3.05) is 7.11 Å². The molecule has 2 heterocycles. The molecule has 2 aliphatic rings. The van der Waals surface area contributed by atoms with Crippen LogP contribution in [0.3, 0.4) is 0 Å². The number of nitrogens with zero attached hydrogens (tertiary/aromatic N) is 3. The number of fused-ring (bicyclic) bond motifs is 1. The van der Waals surface area contributed by atoms with Gasteiger partial charge >= 0.3 is 23.8 Å². The summed E-state index contributed by atoms with van der Waals surface area (Å²) in [5.74, 6) is -2.29. The zero-order valence-corrected chi connectivity index (χ0v) is 16.3. The van der Waals surface area contributed by atoms with Crippen LogP contribution in [0.5, 0.6) is 0 Å². The molecule has 1 aliphatic heterocycles. The quantitative estimate of drug-likeness (QED) is 0.448. The van der Waals surface area contributed by atoms with Gasteiger partial charge in [-0.1, -0.05) is 31.0 Å². The van der Waals surface area contributed by atoms with E-state index in [0.717, 1.165) is 28.0 Å². The third-order valence-electron chi connectivity index (χ3n) is 5.70. The monoisotopic (exact) mass is 395 g/mol. The fourth-order valence-electron chi connectivity index (χ4n) is 4.22. The Morgan fingerprint density at radius 3 is 2.52 bits per heavy atom. The molecule has 8 nitrogen and oxygen atoms in total. The van der Waals surface area contributed by atoms with E-state index in [0.29, 0.717) is 23.9 Å². The summed E-state index contributed by atoms with van der Waals surface area (Å²) in [6.07, 6.45) is 3.26. The number of para-hydroxylation sites is 1. The van der Waals surface area contributed by atoms with Gasteiger partial charge in [-0.2, -0.15) is 0 Å². The number of imide groups is 2. The Bertz CT molecular complexity index is 1040. The van der Waals surface area contributed by atoms with E-state index >= 15 is 0 Å². The molecule has 2 fully saturated rings. The molecule has 0 atom stereocenters. The molecular formula is C21H21N3O5. The molecule has 0 unspecified atom stereocenters. The van der Waals surface area contributed by atoms with Crippen LogP contribution in [-0.4, -0.2) is 51.8 Å². The molecule has 1 saturated carbocycles. The minimum absolute atomic E-state index is 0.207. The summed E-state index contributed by atoms with van der Waals surface area (Å²) in [6.45, 7) is 1.51. The van der Waals surface area contributed by atoms with Crippen molar-refractivity contribution in [3.8, 4) is 0 Å². The smallest absolute Gasteiger partial charge is 0.340 e. The molecular weight excluding hydrogens is 374 g/mol. The van der Waals surface area contributed by atoms with Crippen LogP contribution in [0.2, 0.25) is 0 Å². The van der Waals surface area contributed by atoms with Crippen LogP contribution < -0.4 is 0 Å². The first-order chi connectivity index (χ1) is 13.9. The van der Waals surface area contributed by atoms with Crippen molar-refractivity contribution in [1.82, 2.24) is 14.8 Å². The second kappa shape index (κ2) is 7.27. The number of amides is 4. The third kappa shape index (κ3) is 3.04. The van der Waals surface area contributed by atoms with E-state index in [1.165, 1.54) is 7.11 Å². The van der Waals surface area contributed by atoms with E-state index < -0.39 is 23.8 Å². The molecule has 0 N–H and O–H groups in total. The number of hydrogen-bond acceptors (Lipinski definition) is 6. The highest BCUT2D eigenvalue weighted by atomic mass is 16.5. The number of carbonyl (C=O) groups is 4. The second-order valence-electron chi connectivity index (χ2n) is 7.35. The molecule has 1 aromatic carbocycles. The SMILES string of the molecule is COC(=O)c1c(CN2C(=O)C(=O)N(C3CCCC3)C2=O)nc2ccccc2c1C. The van der Waals surface area contributed by atoms with E-state index in [2.05, 4.69) is 4.98 Å². The Balaban J connectivity index is 1.75. The molecule has 4 rings (SSSR count). The van der Waals surface area contributed by atoms with Crippen molar-refractivity contribution in [3.63, 3.8) is 0 Å². The molecule has 4 amide bonds. The summed E-state index contributed by atoms with van der Waals surface area (Å²) >= 11 is 0. The van der Waals surface area contributed by atoms with Gasteiger partial charge in [0.25, 0.3) is 0 Å². The lowest BCUT2D eigenvalue weighted by Crippen LogP contribution is -2.39. The van der Waals surface area contributed by atoms with Crippen molar-refractivity contribution < 1.29 is 23.9 Å². The first kappa shape index (κ1) is 19.0. The summed E-state index contributed by atoms with van der Waals surface area (Å²) < 4.78 is 4.90. The van der Waals surface area contributed by atoms with Gasteiger partial charge in [-0.3, -0.25) is 14.5 Å². The highest BCUT2D eigenvalue weighted by Gasteiger charge is 2.48. The topological polar surface area (TPSA) is 96.9 Å². The van der Waals surface area contributed by atoms with E-state index in [9.17, 15) is 19.2 Å². The van der Waals surface area contributed by atoms with Crippen LogP contribution in [0.15, 0.2) is 24.3 Å². The van der Waals surface area contributed by atoms with Crippen molar-refractivity contribution in [2.24, 2.45) is 0 Å². The summed E-state index contributed by atoms with van der Waals surface area (Å²) in [4.78, 5) is 56.8. The van der Waals surface area contributed by atoms with Crippen LogP contribution >= 0.6 is 0 Å². The summed E-state index contributed by atoms with van der Waals surface area (Å²) in [5.41, 5.74) is 1.72. The lowest BCUT2D eigenvalue weighted by molar-refractivity contribution is -0.144. The molecule has 8 heteroatoms. The fraction of sp³-hybridized carbons (Fsp3) is 0.381. The van der Waals surface area contributed by atoms with Gasteiger partial charge in [0.2, 0.25) is 0 Å². The van der Waals surface area contributed by atoms with Gasteiger partial charge in [-0.15, -0.1) is 0 Å². The van der Waals surface area contributed by atoms with Crippen LogP contribution in [0.25, 0.3) is 10.9 Å². The molecule has 1 saturated heterocycles. The number of aromatic nitrogens is 1. The maximum absolute atomic E-state index is 12.9. The van der Waals surface area contributed by atoms with Crippen LogP contribution in [0.4, 0.5) is 4.79 Å². The molecule has 29 heavy (non-hydrogen) atoms. The number of hydrogen-bond donors (Lipinski definition) is 0. The van der Waals surface area contributed by atoms with Gasteiger partial charge in [0.05, 0.1) is 30.4 Å². The van der Waals surface area contributed by atoms with Gasteiger partial charge in [0.1, 0.15) is 0 Å². The zero-order valence-electron chi connectivity index (χ0n) is 16.3. The van der Waals surface area contributed by atoms with Gasteiger partial charge in [-0.05, 0) is 31.4 Å². The highest BCUT2D eigenvalue weighted by Crippen LogP contribution is 2.30. The van der Waals surface area contributed by atoms with Crippen molar-refractivity contribution >= 4 is 34.7 Å². The minimum Gasteiger partial charge on any atom is -0.465 e. The number of ether oxygens (including phenoxy) is 1. The second-order valence-corrected chi connectivity index (χ2v) is 7.35. The predicted molar refractivity (Wildman–Crippen MR) is 103 cm³/mol. The predicted octanol–water partition coefficient (Wildman–Crippen LogP) is 2.56. The third-order valence-corrected chi connectivity index (χ3v) is 5.70. The average Bonchev–Trinajstić information content (AvgIpc) is 3.31. The van der Waals surface area contributed by atoms with Gasteiger partial charge < -0.3 is 4.74 Å². The molecule has 0 radical (unpaired) electrons. The van der Waals surface area contributed by atoms with Crippen LogP contribution in [0.1, 0.15) is 47.3 Å². The summed E-state index contributed by atoms with van der Waals surface area (Å²) in [5, 5.41) is 0.777. The lowest BCUT2D eigenvalue weighted by atomic mass is 10.0. The molecule has 0 spiro atoms. The van der Waals surface area contributed by atoms with Crippen molar-refractivity contribution in [2.45, 2.75) is 45.2 Å². The van der Waals surface area contributed by atoms with E-state index in [4.69, 9.17) is 4.74 Å². The van der Waals surface area contributed by atoms with E-state index in [-0.39, 0.29) is 23.8 Å². The van der Waals surface area contributed by atoms with E-state index in [1.54, 1.807) is 13.0 Å². The first-order valence-electron chi connectivity index (χ1n) is 9.59. The number of rotatable bonds is 4. The molecule has 2 aromatic rings. The average molecular weight is 395 g/mol. The van der Waals surface area contributed by atoms with Gasteiger partial charge in [-0.25, -0.2) is 19.5 Å². The highest BCUT2D eigenvalue weighted by molar-refractivity contribution is 6.44. The molecule has 1 aromatic heterocycles. The normalized spacial score (nSPS) is 17.7. The molecule has 150 valence electrons. The lowest BCUT2D eigenvalue weighted by Gasteiger charge is -2.21. The Kier molecular flexibility index (Phi) is 4.77. The first-order valence-corrected chi connectivity index (χ1v) is 9.59. The number of esters is 1. The van der Waals surface area contributed by atoms with Gasteiger partial charge in [0.15, 0.2) is 0 Å². The fourth-order valence-corrected chi connectivity index (χ4v) is 4.22. The summed E-state index contributed by atoms with van der Waals surface area (Å²) in [6, 6.07) is 6.39. The van der Waals surface area contributed by atoms with Crippen LogP contribution in [0, 0.1) is 6.92 Å². The van der Waals surface area contributed by atoms with Crippen molar-refractivity contribution in [1.29, 1.82) is 0 Å². The number of urea groups is 1. The number of carbonyl (C=O) groups excluding carboxylic acids is 4.